The lowest BCUT2D eigenvalue weighted by atomic mass is 9.90. The van der Waals surface area contributed by atoms with Crippen LogP contribution in [0.5, 0.6) is 5.75 Å². The molecule has 1 N–H and O–H groups in total. The Bertz CT molecular complexity index is 1350. The molecule has 3 aromatic rings. The first-order valence-corrected chi connectivity index (χ1v) is 11.5. The van der Waals surface area contributed by atoms with Gasteiger partial charge in [-0.15, -0.1) is 0 Å². The van der Waals surface area contributed by atoms with E-state index in [0.29, 0.717) is 29.3 Å². The Balaban J connectivity index is 1.80. The summed E-state index contributed by atoms with van der Waals surface area (Å²) in [5, 5.41) is 10.8. The molecular formula is C27H25ClF3NO3. The molecule has 184 valence electrons. The van der Waals surface area contributed by atoms with Gasteiger partial charge in [0.1, 0.15) is 5.75 Å². The third-order valence-electron chi connectivity index (χ3n) is 6.25. The van der Waals surface area contributed by atoms with Gasteiger partial charge < -0.3 is 14.4 Å². The normalized spacial score (nSPS) is 16.4. The Morgan fingerprint density at radius 1 is 1.20 bits per heavy atom. The average Bonchev–Trinajstić information content (AvgIpc) is 3.04. The summed E-state index contributed by atoms with van der Waals surface area (Å²) in [5.41, 5.74) is 0.944. The van der Waals surface area contributed by atoms with E-state index in [4.69, 9.17) is 16.3 Å². The lowest BCUT2D eigenvalue weighted by Crippen LogP contribution is -2.37. The van der Waals surface area contributed by atoms with E-state index in [1.54, 1.807) is 24.3 Å². The number of ether oxygens (including phenoxy) is 1. The quantitative estimate of drug-likeness (QED) is 0.380. The monoisotopic (exact) mass is 503 g/mol. The number of halogens is 4. The van der Waals surface area contributed by atoms with Crippen LogP contribution in [0.25, 0.3) is 10.9 Å². The second-order valence-electron chi connectivity index (χ2n) is 9.17. The molecule has 0 saturated heterocycles. The number of aliphatic carboxylic acids is 1. The minimum Gasteiger partial charge on any atom is -0.478 e. The van der Waals surface area contributed by atoms with Crippen molar-refractivity contribution in [1.29, 1.82) is 0 Å². The highest BCUT2D eigenvalue weighted by molar-refractivity contribution is 6.31. The number of benzene rings is 2. The number of aromatic nitrogens is 1. The molecule has 1 aliphatic rings. The maximum atomic E-state index is 13.5. The van der Waals surface area contributed by atoms with E-state index in [9.17, 15) is 23.1 Å². The van der Waals surface area contributed by atoms with Gasteiger partial charge in [0, 0.05) is 34.1 Å². The summed E-state index contributed by atoms with van der Waals surface area (Å²) in [6.07, 6.45) is 1.89. The molecule has 0 aliphatic heterocycles. The molecule has 1 atom stereocenters. The first-order chi connectivity index (χ1) is 16.4. The smallest absolute Gasteiger partial charge is 0.416 e. The fourth-order valence-electron chi connectivity index (χ4n) is 4.39. The number of hydrogen-bond acceptors (Lipinski definition) is 2. The van der Waals surface area contributed by atoms with E-state index in [1.807, 2.05) is 35.8 Å². The number of nitrogens with zero attached hydrogens (tertiary/aromatic N) is 1. The number of carboxylic acids is 1. The first kappa shape index (κ1) is 24.9. The van der Waals surface area contributed by atoms with Crippen LogP contribution in [0.2, 0.25) is 0 Å². The van der Waals surface area contributed by atoms with Crippen molar-refractivity contribution in [1.82, 2.24) is 4.57 Å². The molecule has 0 fully saturated rings. The Labute approximate surface area is 206 Å². The van der Waals surface area contributed by atoms with E-state index in [0.717, 1.165) is 28.3 Å². The van der Waals surface area contributed by atoms with Crippen LogP contribution < -0.4 is 4.74 Å². The largest absolute Gasteiger partial charge is 0.478 e. The molecule has 1 aromatic heterocycles. The molecule has 0 spiro atoms. The van der Waals surface area contributed by atoms with E-state index >= 15 is 0 Å². The van der Waals surface area contributed by atoms with E-state index in [-0.39, 0.29) is 5.92 Å². The highest BCUT2D eigenvalue weighted by Crippen LogP contribution is 2.40. The summed E-state index contributed by atoms with van der Waals surface area (Å²) in [7, 11) is 0. The van der Waals surface area contributed by atoms with Crippen LogP contribution in [0.3, 0.4) is 0 Å². The van der Waals surface area contributed by atoms with Gasteiger partial charge in [-0.05, 0) is 68.7 Å². The van der Waals surface area contributed by atoms with E-state index < -0.39 is 23.3 Å². The maximum absolute atomic E-state index is 13.5. The number of fused-ring (bicyclic) bond motifs is 1. The predicted molar refractivity (Wildman–Crippen MR) is 130 cm³/mol. The minimum absolute atomic E-state index is 0.0102. The fraction of sp³-hybridized carbons (Fsp3) is 0.296. The third-order valence-corrected chi connectivity index (χ3v) is 6.53. The van der Waals surface area contributed by atoms with Crippen LogP contribution in [0, 0.1) is 6.92 Å². The molecule has 1 aliphatic carbocycles. The van der Waals surface area contributed by atoms with Gasteiger partial charge in [0.25, 0.3) is 0 Å². The van der Waals surface area contributed by atoms with Crippen LogP contribution in [-0.4, -0.2) is 21.2 Å². The van der Waals surface area contributed by atoms with E-state index in [1.165, 1.54) is 19.9 Å². The summed E-state index contributed by atoms with van der Waals surface area (Å²) in [6, 6.07) is 10.8. The molecule has 0 bridgehead atoms. The zero-order chi connectivity index (χ0) is 25.5. The second kappa shape index (κ2) is 9.11. The fourth-order valence-corrected chi connectivity index (χ4v) is 4.55. The lowest BCUT2D eigenvalue weighted by molar-refractivity contribution is -0.152. The number of hydrogen-bond donors (Lipinski definition) is 1. The Morgan fingerprint density at radius 3 is 2.57 bits per heavy atom. The van der Waals surface area contributed by atoms with Crippen molar-refractivity contribution in [3.05, 3.63) is 88.1 Å². The topological polar surface area (TPSA) is 51.5 Å². The minimum atomic E-state index is -4.46. The molecule has 8 heteroatoms. The molecule has 0 saturated carbocycles. The van der Waals surface area contributed by atoms with Crippen LogP contribution in [0.4, 0.5) is 13.2 Å². The predicted octanol–water partition coefficient (Wildman–Crippen LogP) is 7.43. The number of allylic oxidation sites excluding steroid dienone is 4. The van der Waals surface area contributed by atoms with Gasteiger partial charge in [0.2, 0.25) is 0 Å². The molecule has 4 rings (SSSR count). The zero-order valence-corrected chi connectivity index (χ0v) is 20.2. The van der Waals surface area contributed by atoms with Crippen molar-refractivity contribution >= 4 is 28.5 Å². The molecule has 0 unspecified atom stereocenters. The van der Waals surface area contributed by atoms with Crippen molar-refractivity contribution in [2.24, 2.45) is 0 Å². The summed E-state index contributed by atoms with van der Waals surface area (Å²) in [6.45, 7) is 5.11. The van der Waals surface area contributed by atoms with Gasteiger partial charge >= 0.3 is 12.1 Å². The van der Waals surface area contributed by atoms with Crippen molar-refractivity contribution < 1.29 is 27.8 Å². The number of alkyl halides is 3. The van der Waals surface area contributed by atoms with Gasteiger partial charge in [0.05, 0.1) is 5.56 Å². The molecule has 0 radical (unpaired) electrons. The SMILES string of the molecule is Cc1c([C@H]2C=CC(Cl)=CC2)c2ccc(C(F)(F)F)cc2n1Cc1cccc(OC(C)(C)C(=O)O)c1. The van der Waals surface area contributed by atoms with Crippen LogP contribution >= 0.6 is 11.6 Å². The summed E-state index contributed by atoms with van der Waals surface area (Å²) >= 11 is 6.09. The van der Waals surface area contributed by atoms with Gasteiger partial charge in [-0.3, -0.25) is 0 Å². The standard InChI is InChI=1S/C27H25ClF3NO3/c1-16-24(18-7-10-20(28)11-8-18)22-12-9-19(27(29,30)31)14-23(22)32(16)15-17-5-4-6-21(13-17)35-26(2,3)25(33)34/h4-7,9-14,18H,8,15H2,1-3H3,(H,33,34)/t18-/m0/s1. The summed E-state index contributed by atoms with van der Waals surface area (Å²) in [5.74, 6) is -0.742. The maximum Gasteiger partial charge on any atom is 0.416 e. The molecule has 1 heterocycles. The van der Waals surface area contributed by atoms with Crippen LogP contribution in [0.1, 0.15) is 48.6 Å². The Morgan fingerprint density at radius 2 is 1.94 bits per heavy atom. The molecule has 2 aromatic carbocycles. The molecule has 0 amide bonds. The van der Waals surface area contributed by atoms with Gasteiger partial charge in [0.15, 0.2) is 5.60 Å². The summed E-state index contributed by atoms with van der Waals surface area (Å²) < 4.78 is 48.2. The van der Waals surface area contributed by atoms with Crippen molar-refractivity contribution in [3.63, 3.8) is 0 Å². The van der Waals surface area contributed by atoms with Crippen LogP contribution in [0.15, 0.2) is 65.7 Å². The van der Waals surface area contributed by atoms with Crippen LogP contribution in [-0.2, 0) is 17.5 Å². The highest BCUT2D eigenvalue weighted by Gasteiger charge is 2.32. The average molecular weight is 504 g/mol. The summed E-state index contributed by atoms with van der Waals surface area (Å²) in [4.78, 5) is 11.4. The number of rotatable bonds is 6. The van der Waals surface area contributed by atoms with Crippen molar-refractivity contribution in [2.75, 3.05) is 0 Å². The van der Waals surface area contributed by atoms with Crippen molar-refractivity contribution in [3.8, 4) is 5.75 Å². The highest BCUT2D eigenvalue weighted by atomic mass is 35.5. The van der Waals surface area contributed by atoms with E-state index in [2.05, 4.69) is 0 Å². The molecule has 35 heavy (non-hydrogen) atoms. The van der Waals surface area contributed by atoms with Gasteiger partial charge in [-0.25, -0.2) is 4.79 Å². The lowest BCUT2D eigenvalue weighted by Gasteiger charge is -2.22. The van der Waals surface area contributed by atoms with Crippen molar-refractivity contribution in [2.45, 2.75) is 51.4 Å². The third kappa shape index (κ3) is 5.10. The Kier molecular flexibility index (Phi) is 6.49. The number of carbonyl (C=O) groups is 1. The Hall–Kier alpha value is -3.19. The van der Waals surface area contributed by atoms with Gasteiger partial charge in [-0.2, -0.15) is 13.2 Å². The second-order valence-corrected chi connectivity index (χ2v) is 9.61. The first-order valence-electron chi connectivity index (χ1n) is 11.1. The number of carboxylic acid groups (broad SMARTS) is 1. The molecule has 4 nitrogen and oxygen atoms in total. The van der Waals surface area contributed by atoms with Gasteiger partial charge in [-0.1, -0.05) is 42.0 Å². The zero-order valence-electron chi connectivity index (χ0n) is 19.5. The molecular weight excluding hydrogens is 479 g/mol.